The molecule has 0 spiro atoms. The van der Waals surface area contributed by atoms with Gasteiger partial charge in [-0.1, -0.05) is 23.8 Å². The Morgan fingerprint density at radius 1 is 1.06 bits per heavy atom. The van der Waals surface area contributed by atoms with Crippen molar-refractivity contribution in [2.24, 2.45) is 0 Å². The van der Waals surface area contributed by atoms with Gasteiger partial charge in [0.2, 0.25) is 0 Å². The van der Waals surface area contributed by atoms with Gasteiger partial charge < -0.3 is 18.9 Å². The van der Waals surface area contributed by atoms with Gasteiger partial charge in [-0.2, -0.15) is 5.10 Å². The summed E-state index contributed by atoms with van der Waals surface area (Å²) >= 11 is 0. The predicted molar refractivity (Wildman–Crippen MR) is 129 cm³/mol. The summed E-state index contributed by atoms with van der Waals surface area (Å²) in [4.78, 5) is 12.3. The van der Waals surface area contributed by atoms with E-state index in [4.69, 9.17) is 24.5 Å². The third kappa shape index (κ3) is 4.00. The molecular formula is C25H30N6O2. The van der Waals surface area contributed by atoms with E-state index in [2.05, 4.69) is 59.7 Å². The molecule has 8 nitrogen and oxygen atoms in total. The van der Waals surface area contributed by atoms with Gasteiger partial charge in [-0.3, -0.25) is 0 Å². The summed E-state index contributed by atoms with van der Waals surface area (Å²) in [7, 11) is 1.70. The SMILES string of the molecule is CCn1c(C)nc2c(N3CCOCC3)cc(-n3nc(-c4cccc(C)c4)cc3COC)nc21. The molecule has 1 aromatic carbocycles. The Morgan fingerprint density at radius 3 is 2.61 bits per heavy atom. The van der Waals surface area contributed by atoms with Crippen LogP contribution in [-0.4, -0.2) is 57.7 Å². The summed E-state index contributed by atoms with van der Waals surface area (Å²) in [5, 5.41) is 4.97. The molecule has 1 saturated heterocycles. The number of hydrogen-bond donors (Lipinski definition) is 0. The molecule has 3 aromatic heterocycles. The van der Waals surface area contributed by atoms with Crippen LogP contribution in [0.4, 0.5) is 5.69 Å². The third-order valence-electron chi connectivity index (χ3n) is 6.13. The normalized spacial score (nSPS) is 14.4. The minimum absolute atomic E-state index is 0.442. The maximum atomic E-state index is 5.59. The zero-order valence-electron chi connectivity index (χ0n) is 19.7. The van der Waals surface area contributed by atoms with E-state index in [0.717, 1.165) is 65.1 Å². The number of benzene rings is 1. The average Bonchev–Trinajstić information content (AvgIpc) is 3.39. The van der Waals surface area contributed by atoms with E-state index >= 15 is 0 Å². The minimum Gasteiger partial charge on any atom is -0.378 e. The minimum atomic E-state index is 0.442. The Morgan fingerprint density at radius 2 is 1.88 bits per heavy atom. The fourth-order valence-electron chi connectivity index (χ4n) is 4.52. The van der Waals surface area contributed by atoms with Gasteiger partial charge in [0, 0.05) is 38.4 Å². The highest BCUT2D eigenvalue weighted by atomic mass is 16.5. The van der Waals surface area contributed by atoms with Crippen LogP contribution >= 0.6 is 0 Å². The van der Waals surface area contributed by atoms with Crippen molar-refractivity contribution in [3.63, 3.8) is 0 Å². The Labute approximate surface area is 193 Å². The Bertz CT molecular complexity index is 1290. The molecule has 0 atom stereocenters. The third-order valence-corrected chi connectivity index (χ3v) is 6.13. The quantitative estimate of drug-likeness (QED) is 0.447. The Kier molecular flexibility index (Phi) is 5.86. The van der Waals surface area contributed by atoms with Gasteiger partial charge in [0.25, 0.3) is 0 Å². The number of hydrogen-bond acceptors (Lipinski definition) is 6. The Hall–Kier alpha value is -3.23. The number of morpholine rings is 1. The van der Waals surface area contributed by atoms with E-state index in [0.29, 0.717) is 19.8 Å². The number of aryl methyl sites for hydroxylation is 3. The molecule has 0 unspecified atom stereocenters. The topological polar surface area (TPSA) is 70.2 Å². The number of imidazole rings is 1. The number of anilines is 1. The number of pyridine rings is 1. The second-order valence-corrected chi connectivity index (χ2v) is 8.41. The van der Waals surface area contributed by atoms with Crippen molar-refractivity contribution in [3.8, 4) is 17.1 Å². The first-order valence-corrected chi connectivity index (χ1v) is 11.4. The highest BCUT2D eigenvalue weighted by Gasteiger charge is 2.22. The van der Waals surface area contributed by atoms with E-state index < -0.39 is 0 Å². The molecule has 0 aliphatic carbocycles. The van der Waals surface area contributed by atoms with Gasteiger partial charge >= 0.3 is 0 Å². The van der Waals surface area contributed by atoms with Crippen LogP contribution in [-0.2, 0) is 22.6 Å². The first kappa shape index (κ1) is 21.6. The van der Waals surface area contributed by atoms with Crippen molar-refractivity contribution >= 4 is 16.9 Å². The first-order chi connectivity index (χ1) is 16.1. The van der Waals surface area contributed by atoms with E-state index in [9.17, 15) is 0 Å². The molecule has 1 aliphatic rings. The maximum absolute atomic E-state index is 5.59. The number of aromatic nitrogens is 5. The number of fused-ring (bicyclic) bond motifs is 1. The summed E-state index contributed by atoms with van der Waals surface area (Å²) in [6.07, 6.45) is 0. The second-order valence-electron chi connectivity index (χ2n) is 8.41. The van der Waals surface area contributed by atoms with Crippen LogP contribution in [0.3, 0.4) is 0 Å². The molecule has 33 heavy (non-hydrogen) atoms. The van der Waals surface area contributed by atoms with Crippen molar-refractivity contribution in [2.75, 3.05) is 38.3 Å². The van der Waals surface area contributed by atoms with Crippen LogP contribution in [0.5, 0.6) is 0 Å². The maximum Gasteiger partial charge on any atom is 0.164 e. The lowest BCUT2D eigenvalue weighted by Crippen LogP contribution is -2.36. The zero-order valence-corrected chi connectivity index (χ0v) is 19.7. The molecule has 0 saturated carbocycles. The lowest BCUT2D eigenvalue weighted by molar-refractivity contribution is 0.123. The fourth-order valence-corrected chi connectivity index (χ4v) is 4.52. The van der Waals surface area contributed by atoms with E-state index in [1.165, 1.54) is 5.56 Å². The molecule has 4 aromatic rings. The van der Waals surface area contributed by atoms with Crippen molar-refractivity contribution in [1.82, 2.24) is 24.3 Å². The second kappa shape index (κ2) is 8.96. The molecule has 4 heterocycles. The highest BCUT2D eigenvalue weighted by molar-refractivity contribution is 5.88. The summed E-state index contributed by atoms with van der Waals surface area (Å²) in [6, 6.07) is 12.6. The van der Waals surface area contributed by atoms with Gasteiger partial charge in [0.1, 0.15) is 11.3 Å². The zero-order chi connectivity index (χ0) is 22.9. The number of ether oxygens (including phenoxy) is 2. The molecule has 172 valence electrons. The summed E-state index contributed by atoms with van der Waals surface area (Å²) in [5.41, 5.74) is 7.02. The molecular weight excluding hydrogens is 416 g/mol. The lowest BCUT2D eigenvalue weighted by atomic mass is 10.1. The summed E-state index contributed by atoms with van der Waals surface area (Å²) in [5.74, 6) is 1.73. The van der Waals surface area contributed by atoms with Crippen LogP contribution in [0.1, 0.15) is 24.0 Å². The molecule has 8 heteroatoms. The van der Waals surface area contributed by atoms with Crippen LogP contribution in [0.15, 0.2) is 36.4 Å². The molecule has 1 fully saturated rings. The number of methoxy groups -OCH3 is 1. The monoisotopic (exact) mass is 446 g/mol. The standard InChI is InChI=1S/C25H30N6O2/c1-5-30-18(3)26-24-22(29-9-11-33-12-10-29)15-23(27-25(24)30)31-20(16-32-4)14-21(28-31)19-8-6-7-17(2)13-19/h6-8,13-15H,5,9-12,16H2,1-4H3. The summed E-state index contributed by atoms with van der Waals surface area (Å²) < 4.78 is 15.2. The van der Waals surface area contributed by atoms with Crippen LogP contribution in [0, 0.1) is 13.8 Å². The Balaban J connectivity index is 1.70. The summed E-state index contributed by atoms with van der Waals surface area (Å²) in [6.45, 7) is 10.6. The van der Waals surface area contributed by atoms with E-state index in [1.54, 1.807) is 7.11 Å². The number of rotatable bonds is 6. The smallest absolute Gasteiger partial charge is 0.164 e. The molecule has 0 bridgehead atoms. The van der Waals surface area contributed by atoms with Gasteiger partial charge in [-0.15, -0.1) is 0 Å². The van der Waals surface area contributed by atoms with Crippen molar-refractivity contribution < 1.29 is 9.47 Å². The van der Waals surface area contributed by atoms with Crippen molar-refractivity contribution in [3.05, 3.63) is 53.5 Å². The van der Waals surface area contributed by atoms with Crippen molar-refractivity contribution in [1.29, 1.82) is 0 Å². The molecule has 1 aliphatic heterocycles. The fraction of sp³-hybridized carbons (Fsp3) is 0.400. The van der Waals surface area contributed by atoms with Crippen LogP contribution in [0.25, 0.3) is 28.2 Å². The number of nitrogens with zero attached hydrogens (tertiary/aromatic N) is 6. The molecule has 5 rings (SSSR count). The highest BCUT2D eigenvalue weighted by Crippen LogP contribution is 2.31. The van der Waals surface area contributed by atoms with Gasteiger partial charge in [-0.05, 0) is 32.9 Å². The van der Waals surface area contributed by atoms with Gasteiger partial charge in [-0.25, -0.2) is 14.6 Å². The average molecular weight is 447 g/mol. The van der Waals surface area contributed by atoms with Crippen LogP contribution < -0.4 is 4.90 Å². The molecule has 0 amide bonds. The van der Waals surface area contributed by atoms with Gasteiger partial charge in [0.05, 0.1) is 36.9 Å². The molecule has 0 radical (unpaired) electrons. The predicted octanol–water partition coefficient (Wildman–Crippen LogP) is 3.90. The van der Waals surface area contributed by atoms with E-state index in [1.807, 2.05) is 11.6 Å². The van der Waals surface area contributed by atoms with Crippen LogP contribution in [0.2, 0.25) is 0 Å². The van der Waals surface area contributed by atoms with Crippen molar-refractivity contribution in [2.45, 2.75) is 33.9 Å². The first-order valence-electron chi connectivity index (χ1n) is 11.4. The molecule has 0 N–H and O–H groups in total. The van der Waals surface area contributed by atoms with Gasteiger partial charge in [0.15, 0.2) is 11.5 Å². The largest absolute Gasteiger partial charge is 0.378 e. The van der Waals surface area contributed by atoms with E-state index in [-0.39, 0.29) is 0 Å². The lowest BCUT2D eigenvalue weighted by Gasteiger charge is -2.29.